The summed E-state index contributed by atoms with van der Waals surface area (Å²) >= 11 is 0. The second-order valence-electron chi connectivity index (χ2n) is 8.71. The summed E-state index contributed by atoms with van der Waals surface area (Å²) in [4.78, 5) is 37.6. The molecule has 1 atom stereocenters. The van der Waals surface area contributed by atoms with Gasteiger partial charge in [-0.15, -0.1) is 0 Å². The molecule has 1 aliphatic carbocycles. The Balaban J connectivity index is 1.68. The van der Waals surface area contributed by atoms with Crippen LogP contribution in [0.25, 0.3) is 0 Å². The highest BCUT2D eigenvalue weighted by atomic mass is 16.6. The number of nitrogens with one attached hydrogen (secondary N) is 3. The van der Waals surface area contributed by atoms with Crippen molar-refractivity contribution in [3.05, 3.63) is 65.7 Å². The lowest BCUT2D eigenvalue weighted by Gasteiger charge is -2.20. The van der Waals surface area contributed by atoms with Gasteiger partial charge in [0.2, 0.25) is 5.91 Å². The van der Waals surface area contributed by atoms with E-state index in [9.17, 15) is 14.4 Å². The van der Waals surface area contributed by atoms with E-state index in [2.05, 4.69) is 16.0 Å². The summed E-state index contributed by atoms with van der Waals surface area (Å²) in [5, 5.41) is 8.43. The maximum absolute atomic E-state index is 12.9. The van der Waals surface area contributed by atoms with Crippen LogP contribution in [0.3, 0.4) is 0 Å². The van der Waals surface area contributed by atoms with Gasteiger partial charge >= 0.3 is 6.09 Å². The highest BCUT2D eigenvalue weighted by Gasteiger charge is 2.29. The molecule has 1 aliphatic rings. The van der Waals surface area contributed by atoms with Gasteiger partial charge in [0.05, 0.1) is 0 Å². The summed E-state index contributed by atoms with van der Waals surface area (Å²) in [6.45, 7) is 5.32. The van der Waals surface area contributed by atoms with E-state index in [1.807, 2.05) is 30.3 Å². The zero-order chi connectivity index (χ0) is 22.4. The molecule has 0 spiro atoms. The number of rotatable bonds is 7. The van der Waals surface area contributed by atoms with Crippen molar-refractivity contribution in [2.75, 3.05) is 5.32 Å². The molecule has 0 aliphatic heterocycles. The number of hydrogen-bond acceptors (Lipinski definition) is 4. The fourth-order valence-corrected chi connectivity index (χ4v) is 2.99. The first-order chi connectivity index (χ1) is 14.7. The van der Waals surface area contributed by atoms with Crippen molar-refractivity contribution < 1.29 is 19.1 Å². The van der Waals surface area contributed by atoms with E-state index in [4.69, 9.17) is 4.74 Å². The molecule has 3 amide bonds. The lowest BCUT2D eigenvalue weighted by Crippen LogP contribution is -2.48. The Morgan fingerprint density at radius 3 is 2.39 bits per heavy atom. The van der Waals surface area contributed by atoms with Crippen LogP contribution in [0.1, 0.15) is 49.5 Å². The van der Waals surface area contributed by atoms with Crippen LogP contribution in [0.2, 0.25) is 0 Å². The van der Waals surface area contributed by atoms with Gasteiger partial charge in [-0.1, -0.05) is 36.4 Å². The average molecular weight is 424 g/mol. The third-order valence-electron chi connectivity index (χ3n) is 4.60. The Labute approximate surface area is 182 Å². The van der Waals surface area contributed by atoms with E-state index in [1.165, 1.54) is 0 Å². The molecule has 0 heterocycles. The van der Waals surface area contributed by atoms with E-state index in [1.54, 1.807) is 45.0 Å². The molecule has 0 radical (unpaired) electrons. The first-order valence-corrected chi connectivity index (χ1v) is 10.4. The molecule has 2 aromatic carbocycles. The van der Waals surface area contributed by atoms with Crippen molar-refractivity contribution in [2.24, 2.45) is 0 Å². The van der Waals surface area contributed by atoms with Crippen LogP contribution in [0, 0.1) is 0 Å². The van der Waals surface area contributed by atoms with Crippen molar-refractivity contribution in [1.29, 1.82) is 0 Å². The summed E-state index contributed by atoms with van der Waals surface area (Å²) in [6.07, 6.45) is 1.73. The molecule has 3 rings (SSSR count). The highest BCUT2D eigenvalue weighted by Crippen LogP contribution is 2.19. The number of hydrogen-bond donors (Lipinski definition) is 3. The Morgan fingerprint density at radius 2 is 1.74 bits per heavy atom. The normalized spacial score (nSPS) is 14.3. The predicted molar refractivity (Wildman–Crippen MR) is 119 cm³/mol. The molecule has 164 valence electrons. The van der Waals surface area contributed by atoms with E-state index in [-0.39, 0.29) is 17.9 Å². The number of carbonyl (C=O) groups is 3. The zero-order valence-corrected chi connectivity index (χ0v) is 18.1. The van der Waals surface area contributed by atoms with Crippen LogP contribution in [0.4, 0.5) is 10.5 Å². The van der Waals surface area contributed by atoms with Crippen LogP contribution in [-0.4, -0.2) is 35.6 Å². The van der Waals surface area contributed by atoms with Crippen LogP contribution >= 0.6 is 0 Å². The maximum atomic E-state index is 12.9. The van der Waals surface area contributed by atoms with Crippen LogP contribution in [0.15, 0.2) is 54.6 Å². The molecular weight excluding hydrogens is 394 g/mol. The van der Waals surface area contributed by atoms with Gasteiger partial charge < -0.3 is 15.4 Å². The van der Waals surface area contributed by atoms with Crippen molar-refractivity contribution in [1.82, 2.24) is 10.6 Å². The third kappa shape index (κ3) is 7.44. The number of benzene rings is 2. The Bertz CT molecular complexity index is 933. The number of anilines is 1. The van der Waals surface area contributed by atoms with E-state index < -0.39 is 17.7 Å². The van der Waals surface area contributed by atoms with Gasteiger partial charge in [-0.2, -0.15) is 0 Å². The Morgan fingerprint density at radius 1 is 1.03 bits per heavy atom. The summed E-state index contributed by atoms with van der Waals surface area (Å²) in [6, 6.07) is 15.6. The lowest BCUT2D eigenvalue weighted by molar-refractivity contribution is -0.123. The van der Waals surface area contributed by atoms with Crippen molar-refractivity contribution in [2.45, 2.75) is 57.7 Å². The van der Waals surface area contributed by atoms with Gasteiger partial charge in [-0.25, -0.2) is 4.79 Å². The van der Waals surface area contributed by atoms with Crippen LogP contribution in [0.5, 0.6) is 0 Å². The van der Waals surface area contributed by atoms with Crippen LogP contribution < -0.4 is 16.0 Å². The standard InChI is InChI=1S/C24H29N3O4/c1-24(2,3)31-23(30)26-19-11-7-10-17(15-19)21(28)27-20(22(29)25-18-12-13-18)14-16-8-5-4-6-9-16/h4-11,15,18,20H,12-14H2,1-3H3,(H,25,29)(H,26,30)(H,27,28). The van der Waals surface area contributed by atoms with Gasteiger partial charge in [0.25, 0.3) is 5.91 Å². The van der Waals surface area contributed by atoms with Gasteiger partial charge in [-0.05, 0) is 57.4 Å². The molecule has 7 nitrogen and oxygen atoms in total. The first-order valence-electron chi connectivity index (χ1n) is 10.4. The second kappa shape index (κ2) is 9.64. The Hall–Kier alpha value is -3.35. The highest BCUT2D eigenvalue weighted by molar-refractivity contribution is 5.99. The van der Waals surface area contributed by atoms with Crippen molar-refractivity contribution in [3.8, 4) is 0 Å². The Kier molecular flexibility index (Phi) is 6.95. The number of ether oxygens (including phenoxy) is 1. The van der Waals surface area contributed by atoms with Crippen molar-refractivity contribution in [3.63, 3.8) is 0 Å². The SMILES string of the molecule is CC(C)(C)OC(=O)Nc1cccc(C(=O)NC(Cc2ccccc2)C(=O)NC2CC2)c1. The second-order valence-corrected chi connectivity index (χ2v) is 8.71. The topological polar surface area (TPSA) is 96.5 Å². The summed E-state index contributed by atoms with van der Waals surface area (Å²) in [5.41, 5.74) is 1.10. The molecule has 0 saturated heterocycles. The molecule has 0 bridgehead atoms. The fraction of sp³-hybridized carbons (Fsp3) is 0.375. The number of carbonyl (C=O) groups excluding carboxylic acids is 3. The first kappa shape index (κ1) is 22.3. The molecule has 31 heavy (non-hydrogen) atoms. The van der Waals surface area contributed by atoms with Gasteiger partial charge in [0.15, 0.2) is 0 Å². The molecule has 2 aromatic rings. The van der Waals surface area contributed by atoms with E-state index in [0.29, 0.717) is 17.7 Å². The maximum Gasteiger partial charge on any atom is 0.412 e. The third-order valence-corrected chi connectivity index (χ3v) is 4.60. The molecule has 3 N–H and O–H groups in total. The average Bonchev–Trinajstić information content (AvgIpc) is 3.51. The van der Waals surface area contributed by atoms with Crippen LogP contribution in [-0.2, 0) is 16.0 Å². The lowest BCUT2D eigenvalue weighted by atomic mass is 10.0. The number of amides is 3. The monoisotopic (exact) mass is 423 g/mol. The summed E-state index contributed by atoms with van der Waals surface area (Å²) in [7, 11) is 0. The minimum absolute atomic E-state index is 0.192. The predicted octanol–water partition coefficient (Wildman–Crippen LogP) is 3.65. The minimum Gasteiger partial charge on any atom is -0.444 e. The van der Waals surface area contributed by atoms with E-state index >= 15 is 0 Å². The van der Waals surface area contributed by atoms with Gasteiger partial charge in [0, 0.05) is 23.7 Å². The largest absolute Gasteiger partial charge is 0.444 e. The fourth-order valence-electron chi connectivity index (χ4n) is 2.99. The molecule has 1 saturated carbocycles. The summed E-state index contributed by atoms with van der Waals surface area (Å²) in [5.74, 6) is -0.581. The molecular formula is C24H29N3O4. The van der Waals surface area contributed by atoms with E-state index in [0.717, 1.165) is 18.4 Å². The molecule has 0 aromatic heterocycles. The molecule has 7 heteroatoms. The quantitative estimate of drug-likeness (QED) is 0.633. The summed E-state index contributed by atoms with van der Waals surface area (Å²) < 4.78 is 5.24. The zero-order valence-electron chi connectivity index (χ0n) is 18.1. The smallest absolute Gasteiger partial charge is 0.412 e. The molecule has 1 fully saturated rings. The van der Waals surface area contributed by atoms with Gasteiger partial charge in [0.1, 0.15) is 11.6 Å². The van der Waals surface area contributed by atoms with Crippen molar-refractivity contribution >= 4 is 23.6 Å². The van der Waals surface area contributed by atoms with Gasteiger partial charge in [-0.3, -0.25) is 14.9 Å². The minimum atomic E-state index is -0.696. The molecule has 1 unspecified atom stereocenters.